The molecule has 2 aromatic carbocycles. The van der Waals surface area contributed by atoms with Gasteiger partial charge in [-0.15, -0.1) is 22.7 Å². The Labute approximate surface area is 726 Å². The van der Waals surface area contributed by atoms with Crippen molar-refractivity contribution in [3.8, 4) is 34.8 Å². The molecule has 34 heteroatoms. The summed E-state index contributed by atoms with van der Waals surface area (Å²) in [6.45, 7) is 18.1. The van der Waals surface area contributed by atoms with Crippen molar-refractivity contribution in [2.24, 2.45) is 22.7 Å². The summed E-state index contributed by atoms with van der Waals surface area (Å²) < 4.78 is 92.5. The molecule has 29 nitrogen and oxygen atoms in total. The first-order valence-corrected chi connectivity index (χ1v) is 46.6. The predicted molar refractivity (Wildman–Crippen MR) is 456 cm³/mol. The number of carbonyl (C=O) groups excluding carboxylic acids is 7. The van der Waals surface area contributed by atoms with Crippen LogP contribution in [0.2, 0.25) is 0 Å². The van der Waals surface area contributed by atoms with E-state index in [0.29, 0.717) is 130 Å². The first-order chi connectivity index (χ1) is 57.1. The number of amides is 5. The zero-order valence-electron chi connectivity index (χ0n) is 71.3. The van der Waals surface area contributed by atoms with E-state index in [1.165, 1.54) is 11.0 Å². The Morgan fingerprint density at radius 2 is 0.992 bits per heavy atom. The molecule has 14 rings (SSSR count). The molecule has 8 aliphatic rings. The summed E-state index contributed by atoms with van der Waals surface area (Å²) in [5.41, 5.74) is 2.48. The van der Waals surface area contributed by atoms with E-state index < -0.39 is 119 Å². The zero-order valence-corrected chi connectivity index (χ0v) is 75.3. The van der Waals surface area contributed by atoms with Crippen LogP contribution in [0.3, 0.4) is 0 Å². The number of aliphatic hydroxyl groups is 2. The number of sulfonamides is 2. The number of benzene rings is 2. The van der Waals surface area contributed by atoms with Crippen molar-refractivity contribution in [1.29, 1.82) is 0 Å². The number of carboxylic acids is 1. The van der Waals surface area contributed by atoms with E-state index >= 15 is 0 Å². The van der Waals surface area contributed by atoms with Gasteiger partial charge in [-0.05, 0) is 207 Å². The third-order valence-corrected chi connectivity index (χ3v) is 30.1. The number of pyridine rings is 2. The second-order valence-corrected chi connectivity index (χ2v) is 41.1. The van der Waals surface area contributed by atoms with Crippen LogP contribution in [0.4, 0.5) is 0 Å². The highest BCUT2D eigenvalue weighted by molar-refractivity contribution is 7.91. The summed E-state index contributed by atoms with van der Waals surface area (Å²) in [4.78, 5) is 124. The number of thiophene rings is 2. The molecule has 4 aliphatic carbocycles. The summed E-state index contributed by atoms with van der Waals surface area (Å²) in [6, 6.07) is 13.9. The molecular weight excluding hydrogens is 1670 g/mol. The maximum atomic E-state index is 14.9. The summed E-state index contributed by atoms with van der Waals surface area (Å²) >= 11 is 2.24. The number of Topliss-reactive ketones (excluding diaryl/α,β-unsaturated/α-hetero) is 2. The molecule has 122 heavy (non-hydrogen) atoms. The van der Waals surface area contributed by atoms with Crippen LogP contribution in [0.15, 0.2) is 85.0 Å². The maximum absolute atomic E-state index is 14.9. The summed E-state index contributed by atoms with van der Waals surface area (Å²) in [5.74, 6) is -1.70. The molecule has 0 unspecified atom stereocenters. The van der Waals surface area contributed by atoms with E-state index in [1.54, 1.807) is 77.1 Å². The molecule has 10 atom stereocenters. The summed E-state index contributed by atoms with van der Waals surface area (Å²) in [6.07, 6.45) is 16.2. The van der Waals surface area contributed by atoms with Gasteiger partial charge in [0.25, 0.3) is 11.8 Å². The van der Waals surface area contributed by atoms with Crippen LogP contribution in [0.1, 0.15) is 224 Å². The Morgan fingerprint density at radius 3 is 1.39 bits per heavy atom. The van der Waals surface area contributed by atoms with Crippen LogP contribution >= 0.6 is 22.7 Å². The predicted octanol–water partition coefficient (Wildman–Crippen LogP) is 7.94. The Hall–Kier alpha value is -8.83. The fourth-order valence-corrected chi connectivity index (χ4v) is 21.0. The van der Waals surface area contributed by atoms with Crippen molar-refractivity contribution in [3.63, 3.8) is 0 Å². The molecule has 6 aromatic rings. The van der Waals surface area contributed by atoms with Gasteiger partial charge in [0.2, 0.25) is 49.5 Å². The molecule has 4 aliphatic heterocycles. The van der Waals surface area contributed by atoms with Gasteiger partial charge in [-0.2, -0.15) is 0 Å². The van der Waals surface area contributed by atoms with Gasteiger partial charge < -0.3 is 77.0 Å². The standard InChI is InChI=1S/C44H56N4O10S2.C36H48N4O8S.C8H10O3S.ClH/c1-25(2)57-38-21-35(30-16-17-34(56-6)26(3)39(30)46-38)58-28-20-32-33(49)23-44(42(52)47-60(54,55)29-14-15-29)22-27(44)12-10-8-7-9-11-13-31(41(51)48(32)24-28)45-40(50)36-18-19-37(59-36)43(4,5)53;1-21(2)47-32-17-31(26-14-15-30(46-4)22(3)33(26)38-32)48-24-16-28-29(41)19-36(35(43)39-49(44,45)25-12-13-25)18-23(36)10-8-6-5-7-9-11-27(37)34(42)40(28)20-24;1-8(2,11)6-4-3-5(12-6)7(9)10;/h10,12,16-19,21,25,27-29,31-32,53H,7-9,11,13-15,20,22-24H2,1-6H3,(H,45,50)(H,47,52);8,10,14-15,17,21,23-25,27-28H,5-7,9,11-13,16,18-20,37H2,1-4H3,(H,39,43);3-4,11H,1-2H3,(H,9,10);1H/b12-10-;10-8-;;/t27-,28-,31+,32+,44-;23-,24-,27+,28+,36-;;/m11../s1. The number of hydrogen-bond donors (Lipinski definition) is 7. The molecule has 0 spiro atoms. The zero-order chi connectivity index (χ0) is 87.6. The number of ether oxygens (including phenoxy) is 6. The smallest absolute Gasteiger partial charge is 0.345 e. The number of ketones is 2. The van der Waals surface area contributed by atoms with Gasteiger partial charge in [-0.3, -0.25) is 43.0 Å². The maximum Gasteiger partial charge on any atom is 0.345 e. The Kier molecular flexibility index (Phi) is 29.5. The highest BCUT2D eigenvalue weighted by atomic mass is 35.5. The van der Waals surface area contributed by atoms with E-state index in [-0.39, 0.29) is 97.6 Å². The second-order valence-electron chi connectivity index (χ2n) is 35.0. The highest BCUT2D eigenvalue weighted by Crippen LogP contribution is 2.59. The van der Waals surface area contributed by atoms with Gasteiger partial charge in [0.05, 0.1) is 100 Å². The van der Waals surface area contributed by atoms with Gasteiger partial charge in [0.1, 0.15) is 46.1 Å². The number of quaternary nitrogens is 1. The van der Waals surface area contributed by atoms with Gasteiger partial charge in [0.15, 0.2) is 17.6 Å². The second kappa shape index (κ2) is 38.3. The fourth-order valence-electron chi connectivity index (χ4n) is 16.4. The minimum absolute atomic E-state index is 0. The third kappa shape index (κ3) is 22.1. The molecule has 4 saturated carbocycles. The largest absolute Gasteiger partial charge is 1.00 e. The molecular formula is C88H115ClN8O21S4. The van der Waals surface area contributed by atoms with Crippen molar-refractivity contribution in [1.82, 2.24) is 34.5 Å². The number of nitrogens with one attached hydrogen (secondary N) is 3. The van der Waals surface area contributed by atoms with E-state index in [9.17, 15) is 65.4 Å². The van der Waals surface area contributed by atoms with Crippen molar-refractivity contribution in [2.45, 2.75) is 268 Å². The molecule has 4 aromatic heterocycles. The minimum Gasteiger partial charge on any atom is -1.00 e. The minimum atomic E-state index is -3.88. The van der Waals surface area contributed by atoms with Crippen LogP contribution in [0.25, 0.3) is 21.8 Å². The number of nitrogens with zero attached hydrogens (tertiary/aromatic N) is 4. The number of carbonyl (C=O) groups is 8. The summed E-state index contributed by atoms with van der Waals surface area (Å²) in [5, 5.41) is 31.8. The molecule has 6 fully saturated rings. The molecule has 0 radical (unpaired) electrons. The lowest BCUT2D eigenvalue weighted by Gasteiger charge is -2.29. The van der Waals surface area contributed by atoms with Crippen LogP contribution in [0, 0.1) is 36.5 Å². The molecule has 0 bridgehead atoms. The number of hydrogen-bond acceptors (Lipinski definition) is 24. The van der Waals surface area contributed by atoms with E-state index in [4.69, 9.17) is 43.5 Å². The van der Waals surface area contributed by atoms with E-state index in [1.807, 2.05) is 90.1 Å². The Bertz CT molecular complexity index is 5220. The lowest BCUT2D eigenvalue weighted by Crippen LogP contribution is -3.00. The monoisotopic (exact) mass is 1780 g/mol. The quantitative estimate of drug-likeness (QED) is 0.0336. The highest BCUT2D eigenvalue weighted by Gasteiger charge is 2.63. The van der Waals surface area contributed by atoms with E-state index in [0.717, 1.165) is 77.7 Å². The summed E-state index contributed by atoms with van der Waals surface area (Å²) in [7, 11) is -4.50. The third-order valence-electron chi connectivity index (χ3n) is 23.7. The van der Waals surface area contributed by atoms with Crippen LogP contribution in [-0.2, 0) is 60.0 Å². The van der Waals surface area contributed by atoms with Gasteiger partial charge in [-0.1, -0.05) is 43.6 Å². The Balaban J connectivity index is 0.000000210. The fraction of sp³-hybridized carbons (Fsp3) is 0.568. The lowest BCUT2D eigenvalue weighted by atomic mass is 9.91. The molecule has 9 N–H and O–H groups in total. The average Bonchev–Trinajstić information content (AvgIpc) is 1.57. The van der Waals surface area contributed by atoms with Gasteiger partial charge in [-0.25, -0.2) is 31.6 Å². The molecule has 8 heterocycles. The Morgan fingerprint density at radius 1 is 0.574 bits per heavy atom. The number of aromatic nitrogens is 2. The number of rotatable bonds is 21. The number of aromatic carboxylic acids is 1. The first kappa shape index (κ1) is 93.9. The SMILES string of the molecule is CC(C)(O)c1ccc(C(=O)O)s1.COc1ccc2c(O[C@@H]3C[C@H]4C(=O)C[C@]5(C(=O)NS(=O)(=O)C6CC6)C[C@H]5/C=C\CCCCC[C@H](NC(=O)c5ccc(C(C)(C)O)s5)C(=O)N4C3)cc(OC(C)C)nc2c1C.COc1ccc2c(O[C@@H]3C[C@H]4C(=O)C[C@]5(C(=O)NS(=O)(=O)C6CC6)C[C@H]5/C=C\CCCCC[C@H]([NH3+])C(=O)N4C3)cc(OC(C)C)nc2c1C.[Cl-]. The number of aryl methyl sites for hydroxylation is 2. The van der Waals surface area contributed by atoms with Crippen LogP contribution in [-0.4, -0.2) is 185 Å². The van der Waals surface area contributed by atoms with Crippen molar-refractivity contribution < 1.29 is 117 Å². The first-order valence-electron chi connectivity index (χ1n) is 41.9. The van der Waals surface area contributed by atoms with Crippen LogP contribution < -0.4 is 61.3 Å². The topological polar surface area (TPSA) is 417 Å². The number of methoxy groups -OCH3 is 2. The van der Waals surface area contributed by atoms with Crippen molar-refractivity contribution >= 4 is 112 Å². The average molecular weight is 1780 g/mol. The lowest BCUT2D eigenvalue weighted by molar-refractivity contribution is -0.407. The van der Waals surface area contributed by atoms with Gasteiger partial charge >= 0.3 is 5.97 Å². The van der Waals surface area contributed by atoms with E-state index in [2.05, 4.69) is 20.5 Å². The molecule has 664 valence electrons. The number of carboxylic acid groups (broad SMARTS) is 1. The molecule has 2 saturated heterocycles. The van der Waals surface area contributed by atoms with Crippen LogP contribution in [0.5, 0.6) is 34.8 Å². The number of fused-ring (bicyclic) bond motifs is 6. The van der Waals surface area contributed by atoms with Crippen molar-refractivity contribution in [3.05, 3.63) is 116 Å². The van der Waals surface area contributed by atoms with Crippen molar-refractivity contribution in [2.75, 3.05) is 27.3 Å². The number of allylic oxidation sites excluding steroid dienone is 4. The number of halogens is 1. The molecule has 5 amide bonds. The van der Waals surface area contributed by atoms with Gasteiger partial charge in [0, 0.05) is 75.9 Å². The normalized spacial score (nSPS) is 25.3.